The van der Waals surface area contributed by atoms with Crippen LogP contribution in [0.3, 0.4) is 0 Å². The van der Waals surface area contributed by atoms with Gasteiger partial charge in [0.1, 0.15) is 5.75 Å². The van der Waals surface area contributed by atoms with Crippen LogP contribution >= 0.6 is 23.6 Å². The summed E-state index contributed by atoms with van der Waals surface area (Å²) in [7, 11) is 1.60. The van der Waals surface area contributed by atoms with Crippen molar-refractivity contribution in [2.45, 2.75) is 0 Å². The highest BCUT2D eigenvalue weighted by Crippen LogP contribution is 2.37. The first-order chi connectivity index (χ1) is 13.6. The molecule has 0 aliphatic carbocycles. The van der Waals surface area contributed by atoms with Crippen molar-refractivity contribution < 1.29 is 14.6 Å². The number of nitrogens with one attached hydrogen (secondary N) is 1. The quantitative estimate of drug-likeness (QED) is 0.634. The lowest BCUT2D eigenvalue weighted by Gasteiger charge is -2.07. The van der Waals surface area contributed by atoms with Crippen molar-refractivity contribution in [1.29, 1.82) is 0 Å². The smallest absolute Gasteiger partial charge is 0.270 e. The number of allylic oxidation sites excluding steroid dienone is 1. The molecule has 2 aromatic heterocycles. The summed E-state index contributed by atoms with van der Waals surface area (Å²) in [6.07, 6.45) is 6.52. The van der Waals surface area contributed by atoms with E-state index in [1.54, 1.807) is 31.5 Å². The highest BCUT2D eigenvalue weighted by Gasteiger charge is 2.17. The fourth-order valence-electron chi connectivity index (χ4n) is 2.69. The lowest BCUT2D eigenvalue weighted by molar-refractivity contribution is 0.101. The number of methoxy groups -OCH3 is 1. The van der Waals surface area contributed by atoms with Crippen LogP contribution in [0.4, 0.5) is 5.69 Å². The van der Waals surface area contributed by atoms with E-state index in [0.29, 0.717) is 20.1 Å². The topological polar surface area (TPSA) is 88.7 Å². The number of hydrogen-bond acceptors (Lipinski definition) is 7. The van der Waals surface area contributed by atoms with Crippen molar-refractivity contribution in [3.63, 3.8) is 0 Å². The van der Waals surface area contributed by atoms with E-state index in [4.69, 9.17) is 17.0 Å². The van der Waals surface area contributed by atoms with E-state index in [9.17, 15) is 9.90 Å². The summed E-state index contributed by atoms with van der Waals surface area (Å²) in [4.78, 5) is 21.1. The lowest BCUT2D eigenvalue weighted by atomic mass is 10.1. The van der Waals surface area contributed by atoms with E-state index in [1.807, 2.05) is 18.2 Å². The molecule has 0 saturated carbocycles. The molecule has 0 bridgehead atoms. The van der Waals surface area contributed by atoms with Crippen LogP contribution in [0.15, 0.2) is 47.7 Å². The van der Waals surface area contributed by atoms with Gasteiger partial charge in [-0.3, -0.25) is 20.2 Å². The molecule has 3 aromatic rings. The van der Waals surface area contributed by atoms with Crippen LogP contribution in [0.5, 0.6) is 11.6 Å². The number of rotatable bonds is 4. The molecule has 7 nitrogen and oxygen atoms in total. The molecule has 1 amide bonds. The molecule has 0 unspecified atom stereocenters. The fourth-order valence-corrected chi connectivity index (χ4v) is 3.88. The van der Waals surface area contributed by atoms with E-state index in [2.05, 4.69) is 15.4 Å². The minimum atomic E-state index is -0.400. The molecule has 9 heteroatoms. The maximum Gasteiger partial charge on any atom is 0.270 e. The van der Waals surface area contributed by atoms with E-state index >= 15 is 0 Å². The summed E-state index contributed by atoms with van der Waals surface area (Å²) >= 11 is 6.48. The number of aromatic hydroxyl groups is 1. The fraction of sp³-hybridized carbons (Fsp3) is 0.0526. The molecule has 3 heterocycles. The number of nitrogens with zero attached hydrogens (tertiary/aromatic N) is 3. The molecule has 2 N–H and O–H groups in total. The summed E-state index contributed by atoms with van der Waals surface area (Å²) < 4.78 is 6.77. The highest BCUT2D eigenvalue weighted by atomic mass is 32.1. The van der Waals surface area contributed by atoms with Crippen molar-refractivity contribution in [3.8, 4) is 11.6 Å². The number of benzene rings is 1. The second-order valence-corrected chi connectivity index (χ2v) is 7.48. The summed E-state index contributed by atoms with van der Waals surface area (Å²) in [6.45, 7) is 0. The van der Waals surface area contributed by atoms with Crippen LogP contribution in [-0.4, -0.2) is 34.0 Å². The molecular weight excluding hydrogens is 396 g/mol. The molecule has 140 valence electrons. The Kier molecular flexibility index (Phi) is 4.76. The average Bonchev–Trinajstić information content (AvgIpc) is 3.24. The van der Waals surface area contributed by atoms with Gasteiger partial charge in [0.15, 0.2) is 3.95 Å². The third-order valence-electron chi connectivity index (χ3n) is 4.11. The number of carbonyl (C=O) groups is 1. The Labute approximate surface area is 169 Å². The number of aromatic nitrogens is 2. The average molecular weight is 410 g/mol. The summed E-state index contributed by atoms with van der Waals surface area (Å²) in [5, 5.41) is 10.6. The van der Waals surface area contributed by atoms with E-state index in [-0.39, 0.29) is 5.88 Å². The number of amides is 1. The maximum absolute atomic E-state index is 12.3. The predicted octanol–water partition coefficient (Wildman–Crippen LogP) is 4.03. The summed E-state index contributed by atoms with van der Waals surface area (Å²) in [5.74, 6) is 0.173. The molecule has 0 spiro atoms. The largest absolute Gasteiger partial charge is 0.497 e. The van der Waals surface area contributed by atoms with Gasteiger partial charge in [-0.15, -0.1) is 0 Å². The Bertz CT molecular complexity index is 1180. The van der Waals surface area contributed by atoms with Gasteiger partial charge >= 0.3 is 0 Å². The Morgan fingerprint density at radius 1 is 1.32 bits per heavy atom. The predicted molar refractivity (Wildman–Crippen MR) is 112 cm³/mol. The van der Waals surface area contributed by atoms with E-state index in [0.717, 1.165) is 16.8 Å². The molecule has 1 aromatic carbocycles. The van der Waals surface area contributed by atoms with Crippen molar-refractivity contribution in [3.05, 3.63) is 62.7 Å². The van der Waals surface area contributed by atoms with Gasteiger partial charge in [-0.05, 0) is 48.6 Å². The number of carbonyl (C=O) groups excluding carboxylic acids is 1. The number of hydrogen-bond donors (Lipinski definition) is 2. The molecule has 28 heavy (non-hydrogen) atoms. The zero-order valence-corrected chi connectivity index (χ0v) is 16.3. The van der Waals surface area contributed by atoms with Crippen molar-refractivity contribution in [2.24, 2.45) is 4.99 Å². The molecule has 0 radical (unpaired) electrons. The number of ether oxygens (including phenoxy) is 1. The van der Waals surface area contributed by atoms with Crippen LogP contribution < -0.4 is 10.2 Å². The van der Waals surface area contributed by atoms with Gasteiger partial charge in [-0.25, -0.2) is 0 Å². The minimum Gasteiger partial charge on any atom is -0.497 e. The molecule has 4 rings (SSSR count). The standard InChI is InChI=1S/C19H14N4O3S2/c1-26-13-2-3-15-14(9-13)12(10-21-15)8-16-18(25)23(19(27)28-16)22-17(24)11-4-6-20-7-5-11/h2-10,25H,1H3,(H,22,24)/b12-8-. The number of fused-ring (bicyclic) bond motifs is 1. The molecule has 0 saturated heterocycles. The van der Waals surface area contributed by atoms with Crippen LogP contribution in [0, 0.1) is 3.95 Å². The van der Waals surface area contributed by atoms with Gasteiger partial charge in [0, 0.05) is 35.3 Å². The second-order valence-electron chi connectivity index (χ2n) is 5.81. The Morgan fingerprint density at radius 2 is 2.11 bits per heavy atom. The minimum absolute atomic E-state index is 0.144. The first-order valence-electron chi connectivity index (χ1n) is 8.17. The molecular formula is C19H14N4O3S2. The zero-order valence-electron chi connectivity index (χ0n) is 14.6. The van der Waals surface area contributed by atoms with Gasteiger partial charge in [-0.1, -0.05) is 11.3 Å². The number of aliphatic imine (C=N–C) groups is 1. The summed E-state index contributed by atoms with van der Waals surface area (Å²) in [5.41, 5.74) is 5.54. The van der Waals surface area contributed by atoms with Crippen LogP contribution in [0.25, 0.3) is 11.6 Å². The van der Waals surface area contributed by atoms with Gasteiger partial charge in [-0.2, -0.15) is 4.68 Å². The van der Waals surface area contributed by atoms with Crippen molar-refractivity contribution >= 4 is 53.0 Å². The maximum atomic E-state index is 12.3. The number of thiazole rings is 1. The molecule has 0 fully saturated rings. The van der Waals surface area contributed by atoms with Gasteiger partial charge in [0.25, 0.3) is 5.91 Å². The first kappa shape index (κ1) is 18.1. The van der Waals surface area contributed by atoms with Crippen LogP contribution in [-0.2, 0) is 0 Å². The normalized spacial score (nSPS) is 13.5. The number of pyridine rings is 1. The Balaban J connectivity index is 1.66. The Morgan fingerprint density at radius 3 is 2.86 bits per heavy atom. The monoisotopic (exact) mass is 410 g/mol. The van der Waals surface area contributed by atoms with Gasteiger partial charge in [0.2, 0.25) is 5.88 Å². The van der Waals surface area contributed by atoms with Crippen LogP contribution in [0.1, 0.15) is 20.8 Å². The lowest BCUT2D eigenvalue weighted by Crippen LogP contribution is -2.22. The van der Waals surface area contributed by atoms with Gasteiger partial charge < -0.3 is 9.84 Å². The van der Waals surface area contributed by atoms with E-state index < -0.39 is 5.91 Å². The van der Waals surface area contributed by atoms with E-state index in [1.165, 1.54) is 28.4 Å². The molecule has 0 atom stereocenters. The Hall–Kier alpha value is -3.30. The second kappa shape index (κ2) is 7.37. The van der Waals surface area contributed by atoms with Gasteiger partial charge in [0.05, 0.1) is 17.7 Å². The van der Waals surface area contributed by atoms with Crippen LogP contribution in [0.2, 0.25) is 0 Å². The van der Waals surface area contributed by atoms with Crippen molar-refractivity contribution in [1.82, 2.24) is 9.66 Å². The third kappa shape index (κ3) is 3.32. The zero-order chi connectivity index (χ0) is 19.7. The van der Waals surface area contributed by atoms with Crippen molar-refractivity contribution in [2.75, 3.05) is 12.5 Å². The molecule has 1 aliphatic rings. The first-order valence-corrected chi connectivity index (χ1v) is 9.39. The molecule has 1 aliphatic heterocycles. The SMILES string of the molecule is COc1ccc2c(c1)/C(=C\c1sc(=S)n(NC(=O)c3ccncc3)c1O)C=N2. The highest BCUT2D eigenvalue weighted by molar-refractivity contribution is 7.73. The summed E-state index contributed by atoms with van der Waals surface area (Å²) in [6, 6.07) is 8.74. The third-order valence-corrected chi connectivity index (χ3v) is 5.42.